The zero-order valence-electron chi connectivity index (χ0n) is 11.7. The Bertz CT molecular complexity index is 552. The molecule has 0 saturated heterocycles. The average molecular weight is 256 g/mol. The summed E-state index contributed by atoms with van der Waals surface area (Å²) >= 11 is 0. The molecule has 2 heterocycles. The highest BCUT2D eigenvalue weighted by molar-refractivity contribution is 5.60. The number of ether oxygens (including phenoxy) is 1. The van der Waals surface area contributed by atoms with E-state index in [2.05, 4.69) is 23.3 Å². The average Bonchev–Trinajstić information content (AvgIpc) is 2.88. The molecule has 0 bridgehead atoms. The van der Waals surface area contributed by atoms with E-state index in [0.29, 0.717) is 0 Å². The number of nitrogens with zero attached hydrogens (tertiary/aromatic N) is 1. The van der Waals surface area contributed by atoms with Crippen LogP contribution in [0, 0.1) is 6.92 Å². The third kappa shape index (κ3) is 3.25. The van der Waals surface area contributed by atoms with Gasteiger partial charge in [-0.15, -0.1) is 0 Å². The van der Waals surface area contributed by atoms with Crippen LogP contribution in [0.5, 0.6) is 5.75 Å². The molecular weight excluding hydrogens is 236 g/mol. The lowest BCUT2D eigenvalue weighted by Crippen LogP contribution is -1.94. The number of aryl methyl sites for hydroxylation is 1. The number of nitrogens with one attached hydrogen (secondary N) is 1. The molecule has 0 atom stereocenters. The van der Waals surface area contributed by atoms with Crippen molar-refractivity contribution in [3.63, 3.8) is 0 Å². The molecule has 0 saturated carbocycles. The second-order valence-corrected chi connectivity index (χ2v) is 4.26. The number of benzene rings is 1. The lowest BCUT2D eigenvalue weighted by atomic mass is 10.1. The molecule has 2 aromatic rings. The molecule has 3 rings (SSSR count). The van der Waals surface area contributed by atoms with Crippen molar-refractivity contribution in [3.05, 3.63) is 47.7 Å². The number of fused-ring (bicyclic) bond motifs is 1. The van der Waals surface area contributed by atoms with Crippen molar-refractivity contribution in [2.75, 3.05) is 11.9 Å². The van der Waals surface area contributed by atoms with E-state index >= 15 is 0 Å². The lowest BCUT2D eigenvalue weighted by molar-refractivity contribution is 0.357. The summed E-state index contributed by atoms with van der Waals surface area (Å²) in [6.07, 6.45) is 2.81. The molecule has 3 heteroatoms. The minimum absolute atomic E-state index is 0.793. The van der Waals surface area contributed by atoms with Crippen molar-refractivity contribution < 1.29 is 4.74 Å². The van der Waals surface area contributed by atoms with Gasteiger partial charge >= 0.3 is 0 Å². The minimum atomic E-state index is 0.793. The summed E-state index contributed by atoms with van der Waals surface area (Å²) in [5.41, 5.74) is 3.53. The SMILES string of the molecule is CC.Cc1ccnc(Nc2ccc3c(c2)CCO3)c1. The fraction of sp³-hybridized carbons (Fsp3) is 0.312. The van der Waals surface area contributed by atoms with E-state index in [4.69, 9.17) is 4.74 Å². The number of rotatable bonds is 2. The highest BCUT2D eigenvalue weighted by Crippen LogP contribution is 2.28. The fourth-order valence-electron chi connectivity index (χ4n) is 2.02. The van der Waals surface area contributed by atoms with Crippen LogP contribution in [-0.4, -0.2) is 11.6 Å². The molecule has 100 valence electrons. The van der Waals surface area contributed by atoms with Gasteiger partial charge in [-0.1, -0.05) is 13.8 Å². The summed E-state index contributed by atoms with van der Waals surface area (Å²) in [6, 6.07) is 10.2. The molecule has 1 aliphatic heterocycles. The number of aromatic nitrogens is 1. The lowest BCUT2D eigenvalue weighted by Gasteiger charge is -2.07. The van der Waals surface area contributed by atoms with E-state index in [9.17, 15) is 0 Å². The molecule has 1 aromatic carbocycles. The first-order valence-electron chi connectivity index (χ1n) is 6.77. The smallest absolute Gasteiger partial charge is 0.130 e. The highest BCUT2D eigenvalue weighted by atomic mass is 16.5. The van der Waals surface area contributed by atoms with Crippen LogP contribution in [0.2, 0.25) is 0 Å². The van der Waals surface area contributed by atoms with Gasteiger partial charge in [-0.2, -0.15) is 0 Å². The normalized spacial score (nSPS) is 11.9. The number of hydrogen-bond donors (Lipinski definition) is 1. The molecule has 0 unspecified atom stereocenters. The molecule has 0 amide bonds. The maximum Gasteiger partial charge on any atom is 0.130 e. The van der Waals surface area contributed by atoms with Gasteiger partial charge in [0.2, 0.25) is 0 Å². The van der Waals surface area contributed by atoms with E-state index < -0.39 is 0 Å². The Morgan fingerprint density at radius 3 is 2.79 bits per heavy atom. The quantitative estimate of drug-likeness (QED) is 0.878. The van der Waals surface area contributed by atoms with Gasteiger partial charge in [-0.05, 0) is 48.4 Å². The van der Waals surface area contributed by atoms with Crippen molar-refractivity contribution in [3.8, 4) is 5.75 Å². The van der Waals surface area contributed by atoms with Crippen molar-refractivity contribution in [1.29, 1.82) is 0 Å². The zero-order valence-corrected chi connectivity index (χ0v) is 11.7. The van der Waals surface area contributed by atoms with Gasteiger partial charge in [0.25, 0.3) is 0 Å². The molecule has 0 radical (unpaired) electrons. The molecule has 0 spiro atoms. The fourth-order valence-corrected chi connectivity index (χ4v) is 2.02. The van der Waals surface area contributed by atoms with Gasteiger partial charge in [-0.3, -0.25) is 0 Å². The molecule has 19 heavy (non-hydrogen) atoms. The Balaban J connectivity index is 0.000000637. The second kappa shape index (κ2) is 6.23. The van der Waals surface area contributed by atoms with Gasteiger partial charge < -0.3 is 10.1 Å². The predicted molar refractivity (Wildman–Crippen MR) is 79.2 cm³/mol. The maximum absolute atomic E-state index is 5.48. The second-order valence-electron chi connectivity index (χ2n) is 4.26. The largest absolute Gasteiger partial charge is 0.493 e. The zero-order chi connectivity index (χ0) is 13.7. The van der Waals surface area contributed by atoms with Gasteiger partial charge in [0.15, 0.2) is 0 Å². The van der Waals surface area contributed by atoms with Crippen molar-refractivity contribution in [2.45, 2.75) is 27.2 Å². The Kier molecular flexibility index (Phi) is 4.39. The summed E-state index contributed by atoms with van der Waals surface area (Å²) in [5.74, 6) is 1.89. The summed E-state index contributed by atoms with van der Waals surface area (Å²) in [4.78, 5) is 4.29. The van der Waals surface area contributed by atoms with Crippen LogP contribution >= 0.6 is 0 Å². The van der Waals surface area contributed by atoms with Gasteiger partial charge in [0.05, 0.1) is 6.61 Å². The molecule has 1 N–H and O–H groups in total. The Labute approximate surface area is 114 Å². The monoisotopic (exact) mass is 256 g/mol. The van der Waals surface area contributed by atoms with Crippen LogP contribution < -0.4 is 10.1 Å². The molecule has 3 nitrogen and oxygen atoms in total. The van der Waals surface area contributed by atoms with Crippen LogP contribution in [0.25, 0.3) is 0 Å². The molecule has 0 fully saturated rings. The van der Waals surface area contributed by atoms with Gasteiger partial charge in [0.1, 0.15) is 11.6 Å². The highest BCUT2D eigenvalue weighted by Gasteiger charge is 2.11. The van der Waals surface area contributed by atoms with Gasteiger partial charge in [0, 0.05) is 18.3 Å². The van der Waals surface area contributed by atoms with Gasteiger partial charge in [-0.25, -0.2) is 4.98 Å². The summed E-state index contributed by atoms with van der Waals surface area (Å²) in [7, 11) is 0. The molecule has 1 aromatic heterocycles. The predicted octanol–water partition coefficient (Wildman–Crippen LogP) is 4.09. The van der Waals surface area contributed by atoms with Crippen LogP contribution in [0.3, 0.4) is 0 Å². The first kappa shape index (κ1) is 13.4. The minimum Gasteiger partial charge on any atom is -0.493 e. The van der Waals surface area contributed by atoms with Crippen LogP contribution in [-0.2, 0) is 6.42 Å². The topological polar surface area (TPSA) is 34.2 Å². The van der Waals surface area contributed by atoms with Crippen LogP contribution in [0.15, 0.2) is 36.5 Å². The van der Waals surface area contributed by atoms with Crippen molar-refractivity contribution in [1.82, 2.24) is 4.98 Å². The Morgan fingerprint density at radius 2 is 2.00 bits per heavy atom. The van der Waals surface area contributed by atoms with E-state index in [1.165, 1.54) is 11.1 Å². The standard InChI is InChI=1S/C14H14N2O.C2H6/c1-10-4-6-15-14(8-10)16-12-2-3-13-11(9-12)5-7-17-13;1-2/h2-4,6,8-9H,5,7H2,1H3,(H,15,16);1-2H3. The Hall–Kier alpha value is -2.03. The summed E-state index contributed by atoms with van der Waals surface area (Å²) in [6.45, 7) is 6.85. The third-order valence-electron chi connectivity index (χ3n) is 2.88. The number of hydrogen-bond acceptors (Lipinski definition) is 3. The number of anilines is 2. The van der Waals surface area contributed by atoms with E-state index in [1.54, 1.807) is 0 Å². The van der Waals surface area contributed by atoms with Crippen LogP contribution in [0.1, 0.15) is 25.0 Å². The van der Waals surface area contributed by atoms with Crippen molar-refractivity contribution >= 4 is 11.5 Å². The van der Waals surface area contributed by atoms with E-state index in [0.717, 1.165) is 30.3 Å². The first-order chi connectivity index (χ1) is 9.31. The summed E-state index contributed by atoms with van der Waals surface area (Å²) < 4.78 is 5.48. The summed E-state index contributed by atoms with van der Waals surface area (Å²) in [5, 5.41) is 3.31. The van der Waals surface area contributed by atoms with Crippen molar-refractivity contribution in [2.24, 2.45) is 0 Å². The van der Waals surface area contributed by atoms with E-state index in [1.807, 2.05) is 44.3 Å². The molecule has 0 aliphatic carbocycles. The molecule has 1 aliphatic rings. The first-order valence-corrected chi connectivity index (χ1v) is 6.77. The number of pyridine rings is 1. The molecular formula is C16H20N2O. The maximum atomic E-state index is 5.48. The Morgan fingerprint density at radius 1 is 1.16 bits per heavy atom. The van der Waals surface area contributed by atoms with E-state index in [-0.39, 0.29) is 0 Å². The third-order valence-corrected chi connectivity index (χ3v) is 2.88. The van der Waals surface area contributed by atoms with Crippen LogP contribution in [0.4, 0.5) is 11.5 Å².